The van der Waals surface area contributed by atoms with Gasteiger partial charge in [-0.1, -0.05) is 6.92 Å². The second-order valence-corrected chi connectivity index (χ2v) is 5.86. The van der Waals surface area contributed by atoms with Gasteiger partial charge in [0.2, 0.25) is 11.8 Å². The molecule has 19 heavy (non-hydrogen) atoms. The van der Waals surface area contributed by atoms with Gasteiger partial charge in [0, 0.05) is 19.8 Å². The van der Waals surface area contributed by atoms with Gasteiger partial charge in [0.15, 0.2) is 0 Å². The number of amides is 2. The van der Waals surface area contributed by atoms with Crippen molar-refractivity contribution in [3.8, 4) is 0 Å². The molecule has 0 radical (unpaired) electrons. The Morgan fingerprint density at radius 3 is 2.58 bits per heavy atom. The third-order valence-corrected chi connectivity index (χ3v) is 4.48. The zero-order valence-electron chi connectivity index (χ0n) is 12.1. The van der Waals surface area contributed by atoms with Crippen molar-refractivity contribution in [1.82, 2.24) is 10.2 Å². The molecule has 108 valence electrons. The zero-order valence-corrected chi connectivity index (χ0v) is 12.1. The van der Waals surface area contributed by atoms with Gasteiger partial charge in [-0.15, -0.1) is 0 Å². The highest BCUT2D eigenvalue weighted by Crippen LogP contribution is 2.25. The zero-order chi connectivity index (χ0) is 14.0. The molecule has 0 aromatic rings. The van der Waals surface area contributed by atoms with Crippen LogP contribution >= 0.6 is 0 Å². The predicted octanol–water partition coefficient (Wildman–Crippen LogP) is 0.929. The minimum absolute atomic E-state index is 0.0454. The van der Waals surface area contributed by atoms with Crippen LogP contribution in [0.5, 0.6) is 0 Å². The van der Waals surface area contributed by atoms with Crippen LogP contribution in [0.15, 0.2) is 0 Å². The lowest BCUT2D eigenvalue weighted by atomic mass is 9.90. The first-order valence-electron chi connectivity index (χ1n) is 7.19. The highest BCUT2D eigenvalue weighted by Gasteiger charge is 2.45. The lowest BCUT2D eigenvalue weighted by molar-refractivity contribution is -0.155. The Labute approximate surface area is 114 Å². The lowest BCUT2D eigenvalue weighted by Gasteiger charge is -2.44. The maximum atomic E-state index is 12.6. The summed E-state index contributed by atoms with van der Waals surface area (Å²) in [5.41, 5.74) is -0.741. The van der Waals surface area contributed by atoms with Gasteiger partial charge in [0.05, 0.1) is 0 Å². The third kappa shape index (κ3) is 2.76. The molecular weight excluding hydrogens is 244 g/mol. The Bertz CT molecular complexity index is 366. The molecule has 0 saturated carbocycles. The second-order valence-electron chi connectivity index (χ2n) is 5.86. The van der Waals surface area contributed by atoms with Crippen molar-refractivity contribution < 1.29 is 14.3 Å². The fourth-order valence-corrected chi connectivity index (χ4v) is 2.75. The number of nitrogens with one attached hydrogen (secondary N) is 1. The van der Waals surface area contributed by atoms with E-state index in [0.717, 1.165) is 26.1 Å². The molecule has 2 unspecified atom stereocenters. The molecule has 2 heterocycles. The Hall–Kier alpha value is -1.10. The van der Waals surface area contributed by atoms with Crippen molar-refractivity contribution in [2.45, 2.75) is 51.6 Å². The SMILES string of the molecule is CCC1(C)NC(=O)C(C)N(CC2CCOCC2)C1=O. The van der Waals surface area contributed by atoms with Gasteiger partial charge in [0.25, 0.3) is 0 Å². The minimum atomic E-state index is -0.741. The minimum Gasteiger partial charge on any atom is -0.381 e. The molecule has 2 atom stereocenters. The number of rotatable bonds is 3. The molecule has 1 N–H and O–H groups in total. The number of carbonyl (C=O) groups excluding carboxylic acids is 2. The van der Waals surface area contributed by atoms with Gasteiger partial charge < -0.3 is 15.0 Å². The van der Waals surface area contributed by atoms with Crippen LogP contribution in [0.2, 0.25) is 0 Å². The number of piperazine rings is 1. The highest BCUT2D eigenvalue weighted by molar-refractivity contribution is 5.99. The summed E-state index contributed by atoms with van der Waals surface area (Å²) in [5.74, 6) is 0.455. The van der Waals surface area contributed by atoms with Crippen molar-refractivity contribution in [2.24, 2.45) is 5.92 Å². The molecule has 0 aromatic carbocycles. The fraction of sp³-hybridized carbons (Fsp3) is 0.857. The van der Waals surface area contributed by atoms with Crippen molar-refractivity contribution in [2.75, 3.05) is 19.8 Å². The van der Waals surface area contributed by atoms with E-state index >= 15 is 0 Å². The molecule has 2 saturated heterocycles. The quantitative estimate of drug-likeness (QED) is 0.828. The van der Waals surface area contributed by atoms with Crippen molar-refractivity contribution >= 4 is 11.8 Å². The van der Waals surface area contributed by atoms with E-state index < -0.39 is 5.54 Å². The van der Waals surface area contributed by atoms with E-state index in [4.69, 9.17) is 4.74 Å². The van der Waals surface area contributed by atoms with Crippen LogP contribution < -0.4 is 5.32 Å². The average Bonchev–Trinajstić information content (AvgIpc) is 2.42. The van der Waals surface area contributed by atoms with Crippen molar-refractivity contribution in [3.63, 3.8) is 0 Å². The molecule has 2 aliphatic heterocycles. The summed E-state index contributed by atoms with van der Waals surface area (Å²) in [5, 5.41) is 2.85. The van der Waals surface area contributed by atoms with Gasteiger partial charge in [0.1, 0.15) is 11.6 Å². The number of hydrogen-bond acceptors (Lipinski definition) is 3. The fourth-order valence-electron chi connectivity index (χ4n) is 2.75. The topological polar surface area (TPSA) is 58.6 Å². The van der Waals surface area contributed by atoms with Crippen LogP contribution in [0.25, 0.3) is 0 Å². The summed E-state index contributed by atoms with van der Waals surface area (Å²) in [7, 11) is 0. The Morgan fingerprint density at radius 1 is 1.37 bits per heavy atom. The number of ether oxygens (including phenoxy) is 1. The van der Waals surface area contributed by atoms with E-state index in [-0.39, 0.29) is 17.9 Å². The molecule has 2 fully saturated rings. The maximum Gasteiger partial charge on any atom is 0.248 e. The third-order valence-electron chi connectivity index (χ3n) is 4.48. The molecule has 0 aliphatic carbocycles. The van der Waals surface area contributed by atoms with Gasteiger partial charge in [-0.2, -0.15) is 0 Å². The first-order chi connectivity index (χ1) is 8.98. The molecule has 0 spiro atoms. The predicted molar refractivity (Wildman–Crippen MR) is 71.6 cm³/mol. The van der Waals surface area contributed by atoms with E-state index in [9.17, 15) is 9.59 Å². The van der Waals surface area contributed by atoms with E-state index in [0.29, 0.717) is 18.9 Å². The van der Waals surface area contributed by atoms with Gasteiger partial charge in [-0.3, -0.25) is 9.59 Å². The molecule has 0 aromatic heterocycles. The van der Waals surface area contributed by atoms with E-state index in [1.54, 1.807) is 4.90 Å². The standard InChI is InChI=1S/C14H24N2O3/c1-4-14(3)13(18)16(10(2)12(17)15-14)9-11-5-7-19-8-6-11/h10-11H,4-9H2,1-3H3,(H,15,17). The van der Waals surface area contributed by atoms with E-state index in [1.165, 1.54) is 0 Å². The summed E-state index contributed by atoms with van der Waals surface area (Å²) >= 11 is 0. The van der Waals surface area contributed by atoms with Crippen molar-refractivity contribution in [3.05, 3.63) is 0 Å². The smallest absolute Gasteiger partial charge is 0.248 e. The van der Waals surface area contributed by atoms with Crippen molar-refractivity contribution in [1.29, 1.82) is 0 Å². The monoisotopic (exact) mass is 268 g/mol. The average molecular weight is 268 g/mol. The molecule has 2 aliphatic rings. The summed E-state index contributed by atoms with van der Waals surface area (Å²) in [6, 6.07) is -0.366. The van der Waals surface area contributed by atoms with Crippen LogP contribution in [0.4, 0.5) is 0 Å². The van der Waals surface area contributed by atoms with Crippen LogP contribution in [-0.4, -0.2) is 48.1 Å². The van der Waals surface area contributed by atoms with E-state index in [2.05, 4.69) is 5.32 Å². The van der Waals surface area contributed by atoms with Gasteiger partial charge in [-0.25, -0.2) is 0 Å². The van der Waals surface area contributed by atoms with E-state index in [1.807, 2.05) is 20.8 Å². The van der Waals surface area contributed by atoms with Crippen LogP contribution in [-0.2, 0) is 14.3 Å². The largest absolute Gasteiger partial charge is 0.381 e. The molecule has 2 amide bonds. The van der Waals surface area contributed by atoms with Crippen LogP contribution in [0, 0.1) is 5.92 Å². The molecular formula is C14H24N2O3. The number of hydrogen-bond donors (Lipinski definition) is 1. The maximum absolute atomic E-state index is 12.6. The summed E-state index contributed by atoms with van der Waals surface area (Å²) in [4.78, 5) is 26.4. The molecule has 5 nitrogen and oxygen atoms in total. The summed E-state index contributed by atoms with van der Waals surface area (Å²) < 4.78 is 5.34. The number of nitrogens with zero attached hydrogens (tertiary/aromatic N) is 1. The second kappa shape index (κ2) is 5.49. The first kappa shape index (κ1) is 14.3. The molecule has 5 heteroatoms. The van der Waals surface area contributed by atoms with Crippen LogP contribution in [0.1, 0.15) is 40.0 Å². The molecule has 2 rings (SSSR count). The first-order valence-corrected chi connectivity index (χ1v) is 7.19. The Balaban J connectivity index is 2.11. The normalized spacial score (nSPS) is 33.4. The lowest BCUT2D eigenvalue weighted by Crippen LogP contribution is -2.68. The Morgan fingerprint density at radius 2 is 2.00 bits per heavy atom. The summed E-state index contributed by atoms with van der Waals surface area (Å²) in [6.45, 7) is 7.75. The summed E-state index contributed by atoms with van der Waals surface area (Å²) in [6.07, 6.45) is 2.57. The van der Waals surface area contributed by atoms with Gasteiger partial charge >= 0.3 is 0 Å². The molecule has 0 bridgehead atoms. The van der Waals surface area contributed by atoms with Crippen LogP contribution in [0.3, 0.4) is 0 Å². The Kier molecular flexibility index (Phi) is 4.13. The number of carbonyl (C=O) groups is 2. The highest BCUT2D eigenvalue weighted by atomic mass is 16.5. The van der Waals surface area contributed by atoms with Gasteiger partial charge in [-0.05, 0) is 39.0 Å².